The molecule has 0 bridgehead atoms. The van der Waals surface area contributed by atoms with Gasteiger partial charge < -0.3 is 14.4 Å². The molecule has 6 nitrogen and oxygen atoms in total. The van der Waals surface area contributed by atoms with Crippen molar-refractivity contribution in [1.29, 1.82) is 0 Å². The fraction of sp³-hybridized carbons (Fsp3) is 0.455. The number of piperazine rings is 1. The zero-order chi connectivity index (χ0) is 19.5. The molecule has 3 heterocycles. The van der Waals surface area contributed by atoms with Crippen molar-refractivity contribution < 1.29 is 14.3 Å². The number of aryl methyl sites for hydroxylation is 1. The Morgan fingerprint density at radius 3 is 2.82 bits per heavy atom. The van der Waals surface area contributed by atoms with Crippen molar-refractivity contribution in [2.24, 2.45) is 5.92 Å². The average Bonchev–Trinajstić information content (AvgIpc) is 2.74. The van der Waals surface area contributed by atoms with Crippen molar-refractivity contribution in [3.05, 3.63) is 53.3 Å². The first kappa shape index (κ1) is 18.7. The van der Waals surface area contributed by atoms with Gasteiger partial charge in [0.05, 0.1) is 18.7 Å². The predicted octanol–water partition coefficient (Wildman–Crippen LogP) is 2.29. The minimum atomic E-state index is -0.121. The van der Waals surface area contributed by atoms with Crippen molar-refractivity contribution in [1.82, 2.24) is 14.8 Å². The largest absolute Gasteiger partial charge is 0.497 e. The lowest BCUT2D eigenvalue weighted by atomic mass is 9.95. The number of nitrogens with zero attached hydrogens (tertiary/aromatic N) is 3. The maximum Gasteiger partial charge on any atom is 0.229 e. The van der Waals surface area contributed by atoms with Crippen LogP contribution in [0, 0.1) is 12.8 Å². The Morgan fingerprint density at radius 2 is 2.07 bits per heavy atom. The zero-order valence-electron chi connectivity index (χ0n) is 16.6. The van der Waals surface area contributed by atoms with Crippen LogP contribution in [0.2, 0.25) is 0 Å². The second-order valence-corrected chi connectivity index (χ2v) is 7.55. The molecule has 1 aromatic heterocycles. The summed E-state index contributed by atoms with van der Waals surface area (Å²) in [6, 6.07) is 9.85. The molecule has 4 rings (SSSR count). The first-order chi connectivity index (χ1) is 13.6. The van der Waals surface area contributed by atoms with Crippen LogP contribution in [0.25, 0.3) is 0 Å². The standard InChI is InChI=1S/C22H27N3O3/c1-16-4-3-7-23-20(16)14-24-8-10-25(11-9-24)22(26)18-12-17-13-19(27-2)5-6-21(17)28-15-18/h3-7,13,18H,8-12,14-15H2,1-2H3/t18-/m0/s1. The summed E-state index contributed by atoms with van der Waals surface area (Å²) in [5, 5.41) is 0. The number of carbonyl (C=O) groups is 1. The molecule has 0 spiro atoms. The minimum Gasteiger partial charge on any atom is -0.497 e. The Morgan fingerprint density at radius 1 is 1.25 bits per heavy atom. The highest BCUT2D eigenvalue weighted by Gasteiger charge is 2.31. The lowest BCUT2D eigenvalue weighted by molar-refractivity contribution is -0.138. The summed E-state index contributed by atoms with van der Waals surface area (Å²) in [6.07, 6.45) is 2.55. The monoisotopic (exact) mass is 381 g/mol. The van der Waals surface area contributed by atoms with Crippen LogP contribution in [-0.4, -0.2) is 60.6 Å². The number of carbonyl (C=O) groups excluding carboxylic acids is 1. The van der Waals surface area contributed by atoms with E-state index in [9.17, 15) is 4.79 Å². The maximum absolute atomic E-state index is 13.0. The van der Waals surface area contributed by atoms with E-state index in [0.717, 1.165) is 55.5 Å². The van der Waals surface area contributed by atoms with Gasteiger partial charge >= 0.3 is 0 Å². The number of aromatic nitrogens is 1. The molecule has 2 aromatic rings. The number of hydrogen-bond acceptors (Lipinski definition) is 5. The number of hydrogen-bond donors (Lipinski definition) is 0. The summed E-state index contributed by atoms with van der Waals surface area (Å²) < 4.78 is 11.1. The van der Waals surface area contributed by atoms with Crippen LogP contribution in [0.4, 0.5) is 0 Å². The summed E-state index contributed by atoms with van der Waals surface area (Å²) in [7, 11) is 1.65. The third-order valence-corrected chi connectivity index (χ3v) is 5.70. The predicted molar refractivity (Wildman–Crippen MR) is 107 cm³/mol. The van der Waals surface area contributed by atoms with Gasteiger partial charge in [-0.25, -0.2) is 0 Å². The summed E-state index contributed by atoms with van der Waals surface area (Å²) in [5.74, 6) is 1.74. The average molecular weight is 381 g/mol. The van der Waals surface area contributed by atoms with Crippen LogP contribution >= 0.6 is 0 Å². The topological polar surface area (TPSA) is 54.9 Å². The number of pyridine rings is 1. The Balaban J connectivity index is 1.33. The van der Waals surface area contributed by atoms with Gasteiger partial charge in [0, 0.05) is 38.9 Å². The summed E-state index contributed by atoms with van der Waals surface area (Å²) in [6.45, 7) is 6.65. The lowest BCUT2D eigenvalue weighted by Crippen LogP contribution is -2.51. The highest BCUT2D eigenvalue weighted by atomic mass is 16.5. The summed E-state index contributed by atoms with van der Waals surface area (Å²) in [4.78, 5) is 21.9. The zero-order valence-corrected chi connectivity index (χ0v) is 16.6. The van der Waals surface area contributed by atoms with Gasteiger partial charge in [-0.2, -0.15) is 0 Å². The van der Waals surface area contributed by atoms with Gasteiger partial charge in [0.2, 0.25) is 5.91 Å². The number of amides is 1. The van der Waals surface area contributed by atoms with Crippen molar-refractivity contribution in [2.45, 2.75) is 19.9 Å². The molecular weight excluding hydrogens is 354 g/mol. The number of fused-ring (bicyclic) bond motifs is 1. The highest BCUT2D eigenvalue weighted by Crippen LogP contribution is 2.31. The third-order valence-electron chi connectivity index (χ3n) is 5.70. The number of rotatable bonds is 4. The Bertz CT molecular complexity index is 847. The van der Waals surface area contributed by atoms with Gasteiger partial charge in [0.15, 0.2) is 0 Å². The van der Waals surface area contributed by atoms with Crippen molar-refractivity contribution >= 4 is 5.91 Å². The van der Waals surface area contributed by atoms with Gasteiger partial charge in [0.25, 0.3) is 0 Å². The van der Waals surface area contributed by atoms with Crippen LogP contribution in [0.15, 0.2) is 36.5 Å². The third kappa shape index (κ3) is 3.97. The van der Waals surface area contributed by atoms with E-state index < -0.39 is 0 Å². The molecule has 0 N–H and O–H groups in total. The second kappa shape index (κ2) is 8.19. The highest BCUT2D eigenvalue weighted by molar-refractivity contribution is 5.80. The van der Waals surface area contributed by atoms with E-state index in [2.05, 4.69) is 22.9 Å². The smallest absolute Gasteiger partial charge is 0.229 e. The molecule has 1 fully saturated rings. The molecule has 1 amide bonds. The number of methoxy groups -OCH3 is 1. The molecule has 28 heavy (non-hydrogen) atoms. The summed E-state index contributed by atoms with van der Waals surface area (Å²) in [5.41, 5.74) is 3.39. The quantitative estimate of drug-likeness (QED) is 0.813. The van der Waals surface area contributed by atoms with Crippen LogP contribution < -0.4 is 9.47 Å². The molecule has 148 valence electrons. The first-order valence-corrected chi connectivity index (χ1v) is 9.85. The van der Waals surface area contributed by atoms with Gasteiger partial charge in [-0.1, -0.05) is 6.07 Å². The van der Waals surface area contributed by atoms with E-state index in [1.165, 1.54) is 5.56 Å². The molecule has 1 atom stereocenters. The summed E-state index contributed by atoms with van der Waals surface area (Å²) >= 11 is 0. The lowest BCUT2D eigenvalue weighted by Gasteiger charge is -2.37. The van der Waals surface area contributed by atoms with Crippen molar-refractivity contribution in [2.75, 3.05) is 39.9 Å². The minimum absolute atomic E-state index is 0.121. The van der Waals surface area contributed by atoms with Crippen LogP contribution in [-0.2, 0) is 17.8 Å². The molecule has 0 aliphatic carbocycles. The molecule has 0 unspecified atom stereocenters. The second-order valence-electron chi connectivity index (χ2n) is 7.55. The molecule has 1 aromatic carbocycles. The Kier molecular flexibility index (Phi) is 5.48. The van der Waals surface area contributed by atoms with E-state index in [4.69, 9.17) is 9.47 Å². The number of benzene rings is 1. The van der Waals surface area contributed by atoms with Gasteiger partial charge in [-0.15, -0.1) is 0 Å². The fourth-order valence-corrected chi connectivity index (χ4v) is 3.94. The number of ether oxygens (including phenoxy) is 2. The molecule has 2 aliphatic heterocycles. The van der Waals surface area contributed by atoms with Crippen LogP contribution in [0.5, 0.6) is 11.5 Å². The van der Waals surface area contributed by atoms with Crippen molar-refractivity contribution in [3.63, 3.8) is 0 Å². The van der Waals surface area contributed by atoms with E-state index in [1.54, 1.807) is 7.11 Å². The molecule has 1 saturated heterocycles. The molecule has 0 radical (unpaired) electrons. The van der Waals surface area contributed by atoms with E-state index in [-0.39, 0.29) is 11.8 Å². The van der Waals surface area contributed by atoms with E-state index >= 15 is 0 Å². The Labute approximate surface area is 166 Å². The normalized spacial score (nSPS) is 19.6. The van der Waals surface area contributed by atoms with Crippen LogP contribution in [0.1, 0.15) is 16.8 Å². The molecule has 2 aliphatic rings. The molecule has 6 heteroatoms. The first-order valence-electron chi connectivity index (χ1n) is 9.85. The van der Waals surface area contributed by atoms with E-state index in [0.29, 0.717) is 13.0 Å². The molecular formula is C22H27N3O3. The van der Waals surface area contributed by atoms with Crippen molar-refractivity contribution in [3.8, 4) is 11.5 Å². The van der Waals surface area contributed by atoms with E-state index in [1.807, 2.05) is 35.4 Å². The SMILES string of the molecule is COc1ccc2c(c1)C[C@H](C(=O)N1CCN(Cc3ncccc3C)CC1)CO2. The fourth-order valence-electron chi connectivity index (χ4n) is 3.94. The van der Waals surface area contributed by atoms with Gasteiger partial charge in [0.1, 0.15) is 18.1 Å². The van der Waals surface area contributed by atoms with Crippen LogP contribution in [0.3, 0.4) is 0 Å². The Hall–Kier alpha value is -2.60. The molecule has 0 saturated carbocycles. The van der Waals surface area contributed by atoms with Gasteiger partial charge in [-0.3, -0.25) is 14.7 Å². The maximum atomic E-state index is 13.0. The van der Waals surface area contributed by atoms with Gasteiger partial charge in [-0.05, 0) is 48.7 Å².